The van der Waals surface area contributed by atoms with Crippen LogP contribution in [0.2, 0.25) is 0 Å². The number of nitrogens with zero attached hydrogens (tertiary/aromatic N) is 3. The third-order valence-corrected chi connectivity index (χ3v) is 3.26. The van der Waals surface area contributed by atoms with E-state index in [4.69, 9.17) is 14.0 Å². The van der Waals surface area contributed by atoms with Crippen LogP contribution in [0.3, 0.4) is 0 Å². The number of esters is 1. The van der Waals surface area contributed by atoms with Crippen molar-refractivity contribution in [1.29, 1.82) is 0 Å². The van der Waals surface area contributed by atoms with Gasteiger partial charge in [-0.3, -0.25) is 0 Å². The Balaban J connectivity index is 1.67. The lowest BCUT2D eigenvalue weighted by Gasteiger charge is -2.05. The number of hydrogen-bond donors (Lipinski definition) is 0. The van der Waals surface area contributed by atoms with E-state index in [1.54, 1.807) is 19.1 Å². The van der Waals surface area contributed by atoms with Crippen LogP contribution >= 0.6 is 0 Å². The highest BCUT2D eigenvalue weighted by atomic mass is 19.1. The molecule has 0 aliphatic carbocycles. The molecule has 7 nitrogen and oxygen atoms in total. The second kappa shape index (κ2) is 7.52. The van der Waals surface area contributed by atoms with Gasteiger partial charge >= 0.3 is 5.97 Å². The monoisotopic (exact) mass is 343 g/mol. The summed E-state index contributed by atoms with van der Waals surface area (Å²) in [7, 11) is 0. The molecule has 0 saturated heterocycles. The van der Waals surface area contributed by atoms with E-state index in [1.165, 1.54) is 30.5 Å². The molecular weight excluding hydrogens is 329 g/mol. The van der Waals surface area contributed by atoms with E-state index in [9.17, 15) is 9.18 Å². The average molecular weight is 343 g/mol. The highest BCUT2D eigenvalue weighted by Gasteiger charge is 2.13. The maximum Gasteiger partial charge on any atom is 0.358 e. The standard InChI is InChI=1S/C17H14FN3O4/c1-2-23-17(22)14-7-8-15(20-19-14)24-9-12-10-25-21-16(12)11-3-5-13(18)6-4-11/h3-8,10H,2,9H2,1H3. The van der Waals surface area contributed by atoms with Gasteiger partial charge < -0.3 is 14.0 Å². The molecule has 0 amide bonds. The molecule has 2 aromatic heterocycles. The Morgan fingerprint density at radius 2 is 1.96 bits per heavy atom. The van der Waals surface area contributed by atoms with Crippen molar-refractivity contribution in [1.82, 2.24) is 15.4 Å². The minimum atomic E-state index is -0.542. The summed E-state index contributed by atoms with van der Waals surface area (Å²) in [6.45, 7) is 2.10. The van der Waals surface area contributed by atoms with E-state index in [0.29, 0.717) is 16.8 Å². The lowest BCUT2D eigenvalue weighted by Crippen LogP contribution is -2.08. The lowest BCUT2D eigenvalue weighted by atomic mass is 10.1. The van der Waals surface area contributed by atoms with E-state index in [0.717, 1.165) is 0 Å². The normalized spacial score (nSPS) is 10.5. The first-order chi connectivity index (χ1) is 12.2. The molecule has 0 bridgehead atoms. The molecule has 0 aliphatic heterocycles. The number of hydrogen-bond acceptors (Lipinski definition) is 7. The zero-order chi connectivity index (χ0) is 17.6. The molecule has 0 atom stereocenters. The maximum absolute atomic E-state index is 13.0. The predicted octanol–water partition coefficient (Wildman–Crippen LogP) is 3.03. The SMILES string of the molecule is CCOC(=O)c1ccc(OCc2conc2-c2ccc(F)cc2)nn1. The summed E-state index contributed by atoms with van der Waals surface area (Å²) in [6, 6.07) is 8.87. The third-order valence-electron chi connectivity index (χ3n) is 3.26. The Morgan fingerprint density at radius 1 is 1.16 bits per heavy atom. The summed E-state index contributed by atoms with van der Waals surface area (Å²) < 4.78 is 28.4. The first kappa shape index (κ1) is 16.6. The Bertz CT molecular complexity index is 847. The van der Waals surface area contributed by atoms with Crippen molar-refractivity contribution in [3.8, 4) is 17.1 Å². The van der Waals surface area contributed by atoms with Gasteiger partial charge in [0.1, 0.15) is 24.4 Å². The maximum atomic E-state index is 13.0. The number of halogens is 1. The molecule has 0 radical (unpaired) electrons. The van der Waals surface area contributed by atoms with Gasteiger partial charge in [0, 0.05) is 11.6 Å². The van der Waals surface area contributed by atoms with E-state index in [2.05, 4.69) is 15.4 Å². The van der Waals surface area contributed by atoms with Crippen LogP contribution in [-0.4, -0.2) is 27.9 Å². The molecule has 128 valence electrons. The molecule has 3 aromatic rings. The van der Waals surface area contributed by atoms with Gasteiger partial charge in [-0.2, -0.15) is 0 Å². The summed E-state index contributed by atoms with van der Waals surface area (Å²) in [5.74, 6) is -0.638. The van der Waals surface area contributed by atoms with Crippen LogP contribution in [0.5, 0.6) is 5.88 Å². The van der Waals surface area contributed by atoms with Gasteiger partial charge in [0.25, 0.3) is 0 Å². The molecule has 0 unspecified atom stereocenters. The minimum Gasteiger partial charge on any atom is -0.472 e. The van der Waals surface area contributed by atoms with Crippen molar-refractivity contribution < 1.29 is 23.2 Å². The van der Waals surface area contributed by atoms with Crippen molar-refractivity contribution in [3.05, 3.63) is 59.7 Å². The molecule has 3 rings (SSSR count). The first-order valence-corrected chi connectivity index (χ1v) is 7.50. The van der Waals surface area contributed by atoms with Crippen LogP contribution in [0.25, 0.3) is 11.3 Å². The summed E-state index contributed by atoms with van der Waals surface area (Å²) in [6.07, 6.45) is 1.44. The van der Waals surface area contributed by atoms with Crippen molar-refractivity contribution in [3.63, 3.8) is 0 Å². The average Bonchev–Trinajstić information content (AvgIpc) is 3.10. The molecule has 25 heavy (non-hydrogen) atoms. The Hall–Kier alpha value is -3.29. The summed E-state index contributed by atoms with van der Waals surface area (Å²) in [5.41, 5.74) is 2.03. The van der Waals surface area contributed by atoms with E-state index < -0.39 is 5.97 Å². The predicted molar refractivity (Wildman–Crippen MR) is 84.2 cm³/mol. The van der Waals surface area contributed by atoms with Crippen molar-refractivity contribution in [2.45, 2.75) is 13.5 Å². The molecule has 0 spiro atoms. The largest absolute Gasteiger partial charge is 0.472 e. The fourth-order valence-electron chi connectivity index (χ4n) is 2.07. The summed E-state index contributed by atoms with van der Waals surface area (Å²) in [4.78, 5) is 11.5. The number of aromatic nitrogens is 3. The molecule has 2 heterocycles. The number of ether oxygens (including phenoxy) is 2. The van der Waals surface area contributed by atoms with Gasteiger partial charge in [-0.25, -0.2) is 9.18 Å². The highest BCUT2D eigenvalue weighted by Crippen LogP contribution is 2.23. The second-order valence-corrected chi connectivity index (χ2v) is 4.96. The topological polar surface area (TPSA) is 87.3 Å². The number of rotatable bonds is 6. The van der Waals surface area contributed by atoms with Crippen LogP contribution in [0, 0.1) is 5.82 Å². The smallest absolute Gasteiger partial charge is 0.358 e. The fraction of sp³-hybridized carbons (Fsp3) is 0.176. The number of benzene rings is 1. The van der Waals surface area contributed by atoms with Gasteiger partial charge in [0.05, 0.1) is 12.2 Å². The van der Waals surface area contributed by atoms with Gasteiger partial charge in [-0.1, -0.05) is 5.16 Å². The van der Waals surface area contributed by atoms with Crippen LogP contribution in [0.1, 0.15) is 23.0 Å². The molecule has 8 heteroatoms. The summed E-state index contributed by atoms with van der Waals surface area (Å²) >= 11 is 0. The fourth-order valence-corrected chi connectivity index (χ4v) is 2.07. The quantitative estimate of drug-likeness (QED) is 0.636. The van der Waals surface area contributed by atoms with Gasteiger partial charge in [0.2, 0.25) is 5.88 Å². The molecule has 1 aromatic carbocycles. The van der Waals surface area contributed by atoms with Crippen LogP contribution in [0.15, 0.2) is 47.2 Å². The first-order valence-electron chi connectivity index (χ1n) is 7.50. The molecule has 0 fully saturated rings. The van der Waals surface area contributed by atoms with Crippen LogP contribution in [-0.2, 0) is 11.3 Å². The van der Waals surface area contributed by atoms with Gasteiger partial charge in [-0.05, 0) is 37.3 Å². The molecule has 0 saturated carbocycles. The van der Waals surface area contributed by atoms with Crippen molar-refractivity contribution in [2.75, 3.05) is 6.61 Å². The number of carbonyl (C=O) groups excluding carboxylic acids is 1. The van der Waals surface area contributed by atoms with Crippen molar-refractivity contribution >= 4 is 5.97 Å². The second-order valence-electron chi connectivity index (χ2n) is 4.96. The Labute approximate surface area is 142 Å². The Morgan fingerprint density at radius 3 is 2.64 bits per heavy atom. The van der Waals surface area contributed by atoms with Crippen LogP contribution < -0.4 is 4.74 Å². The molecule has 0 aliphatic rings. The minimum absolute atomic E-state index is 0.103. The van der Waals surface area contributed by atoms with E-state index >= 15 is 0 Å². The lowest BCUT2D eigenvalue weighted by molar-refractivity contribution is 0.0517. The van der Waals surface area contributed by atoms with Gasteiger partial charge in [-0.15, -0.1) is 10.2 Å². The summed E-state index contributed by atoms with van der Waals surface area (Å²) in [5, 5.41) is 11.5. The molecular formula is C17H14FN3O4. The van der Waals surface area contributed by atoms with E-state index in [1.807, 2.05) is 0 Å². The van der Waals surface area contributed by atoms with Crippen LogP contribution in [0.4, 0.5) is 4.39 Å². The highest BCUT2D eigenvalue weighted by molar-refractivity contribution is 5.86. The van der Waals surface area contributed by atoms with Gasteiger partial charge in [0.15, 0.2) is 5.69 Å². The Kier molecular flexibility index (Phi) is 4.98. The zero-order valence-corrected chi connectivity index (χ0v) is 13.3. The van der Waals surface area contributed by atoms with Crippen molar-refractivity contribution in [2.24, 2.45) is 0 Å². The third kappa shape index (κ3) is 3.97. The molecule has 0 N–H and O–H groups in total. The van der Waals surface area contributed by atoms with E-state index in [-0.39, 0.29) is 30.6 Å². The zero-order valence-electron chi connectivity index (χ0n) is 13.3. The number of carbonyl (C=O) groups is 1.